The van der Waals surface area contributed by atoms with Gasteiger partial charge in [0.25, 0.3) is 0 Å². The molecule has 2 heterocycles. The van der Waals surface area contributed by atoms with Gasteiger partial charge in [-0.15, -0.1) is 0 Å². The number of nitrogens with two attached hydrogens (primary N) is 1. The van der Waals surface area contributed by atoms with Crippen molar-refractivity contribution in [1.82, 2.24) is 15.6 Å². The van der Waals surface area contributed by atoms with Crippen molar-refractivity contribution in [2.45, 2.75) is 51.1 Å². The predicted molar refractivity (Wildman–Crippen MR) is 70.7 cm³/mol. The third-order valence-electron chi connectivity index (χ3n) is 3.79. The minimum absolute atomic E-state index is 0.529. The van der Waals surface area contributed by atoms with Crippen LogP contribution in [0.2, 0.25) is 0 Å². The van der Waals surface area contributed by atoms with E-state index in [0.717, 1.165) is 25.0 Å². The molecule has 0 bridgehead atoms. The van der Waals surface area contributed by atoms with Crippen LogP contribution >= 0.6 is 0 Å². The van der Waals surface area contributed by atoms with E-state index in [1.165, 1.54) is 38.8 Å². The van der Waals surface area contributed by atoms with Crippen LogP contribution in [0.4, 0.5) is 0 Å². The average molecular weight is 239 g/mol. The van der Waals surface area contributed by atoms with E-state index in [1.807, 2.05) is 0 Å². The normalized spacial score (nSPS) is 30.1. The molecule has 2 saturated heterocycles. The average Bonchev–Trinajstić information content (AvgIpc) is 2.81. The van der Waals surface area contributed by atoms with Crippen LogP contribution in [0.15, 0.2) is 4.99 Å². The van der Waals surface area contributed by atoms with Crippen molar-refractivity contribution in [1.29, 1.82) is 0 Å². The van der Waals surface area contributed by atoms with E-state index in [0.29, 0.717) is 6.04 Å². The molecular weight excluding hydrogens is 214 g/mol. The molecule has 2 atom stereocenters. The fourth-order valence-electron chi connectivity index (χ4n) is 2.91. The zero-order chi connectivity index (χ0) is 12.1. The second kappa shape index (κ2) is 6.21. The summed E-state index contributed by atoms with van der Waals surface area (Å²) in [7, 11) is 0. The standard InChI is InChI=1S/C12H25N5/c1-2-6-14-12(16-13)15-10-5-8-17-7-3-4-11(17)9-10/h10-11H,2-9,13H2,1H3,(H2,14,15,16). The number of hydrogen-bond donors (Lipinski definition) is 3. The van der Waals surface area contributed by atoms with Crippen molar-refractivity contribution in [3.63, 3.8) is 0 Å². The number of nitrogens with zero attached hydrogens (tertiary/aromatic N) is 2. The fraction of sp³-hybridized carbons (Fsp3) is 0.917. The van der Waals surface area contributed by atoms with Crippen LogP contribution in [0.1, 0.15) is 39.0 Å². The number of aliphatic imine (C=N–C) groups is 1. The Labute approximate surface area is 104 Å². The van der Waals surface area contributed by atoms with E-state index in [9.17, 15) is 0 Å². The number of nitrogens with one attached hydrogen (secondary N) is 2. The van der Waals surface area contributed by atoms with Gasteiger partial charge in [0.05, 0.1) is 0 Å². The fourth-order valence-corrected chi connectivity index (χ4v) is 2.91. The van der Waals surface area contributed by atoms with Crippen molar-refractivity contribution < 1.29 is 0 Å². The largest absolute Gasteiger partial charge is 0.352 e. The number of guanidine groups is 1. The van der Waals surface area contributed by atoms with Crippen LogP contribution in [-0.2, 0) is 0 Å². The smallest absolute Gasteiger partial charge is 0.205 e. The molecule has 17 heavy (non-hydrogen) atoms. The first-order valence-electron chi connectivity index (χ1n) is 6.85. The molecule has 98 valence electrons. The summed E-state index contributed by atoms with van der Waals surface area (Å²) in [5, 5.41) is 3.44. The van der Waals surface area contributed by atoms with Gasteiger partial charge in [0.1, 0.15) is 0 Å². The lowest BCUT2D eigenvalue weighted by Crippen LogP contribution is -2.52. The number of rotatable bonds is 3. The highest BCUT2D eigenvalue weighted by Gasteiger charge is 2.31. The first-order chi connectivity index (χ1) is 8.33. The Morgan fingerprint density at radius 2 is 2.29 bits per heavy atom. The van der Waals surface area contributed by atoms with Crippen LogP contribution in [0, 0.1) is 0 Å². The molecule has 0 aliphatic carbocycles. The minimum Gasteiger partial charge on any atom is -0.352 e. The summed E-state index contributed by atoms with van der Waals surface area (Å²) in [6.45, 7) is 5.46. The molecule has 2 unspecified atom stereocenters. The number of hydrazine groups is 1. The van der Waals surface area contributed by atoms with Gasteiger partial charge in [0.2, 0.25) is 5.96 Å². The highest BCUT2D eigenvalue weighted by molar-refractivity contribution is 5.79. The van der Waals surface area contributed by atoms with Gasteiger partial charge in [0, 0.05) is 25.2 Å². The molecule has 0 aromatic rings. The van der Waals surface area contributed by atoms with Gasteiger partial charge in [-0.3, -0.25) is 10.4 Å². The van der Waals surface area contributed by atoms with Gasteiger partial charge < -0.3 is 10.2 Å². The lowest BCUT2D eigenvalue weighted by atomic mass is 9.98. The highest BCUT2D eigenvalue weighted by atomic mass is 15.3. The third-order valence-corrected chi connectivity index (χ3v) is 3.79. The Morgan fingerprint density at radius 1 is 1.41 bits per heavy atom. The summed E-state index contributed by atoms with van der Waals surface area (Å²) in [5.74, 6) is 6.24. The lowest BCUT2D eigenvalue weighted by molar-refractivity contribution is 0.175. The molecule has 4 N–H and O–H groups in total. The highest BCUT2D eigenvalue weighted by Crippen LogP contribution is 2.26. The minimum atomic E-state index is 0.529. The van der Waals surface area contributed by atoms with Crippen LogP contribution in [0.3, 0.4) is 0 Å². The number of hydrogen-bond acceptors (Lipinski definition) is 3. The van der Waals surface area contributed by atoms with Crippen LogP contribution in [0.5, 0.6) is 0 Å². The van der Waals surface area contributed by atoms with Gasteiger partial charge in [0.15, 0.2) is 0 Å². The van der Waals surface area contributed by atoms with Gasteiger partial charge in [-0.1, -0.05) is 6.92 Å². The molecule has 0 saturated carbocycles. The number of piperidine rings is 1. The van der Waals surface area contributed by atoms with Crippen molar-refractivity contribution >= 4 is 5.96 Å². The molecule has 0 aromatic carbocycles. The van der Waals surface area contributed by atoms with E-state index in [-0.39, 0.29) is 0 Å². The summed E-state index contributed by atoms with van der Waals surface area (Å²) in [6.07, 6.45) is 6.20. The maximum atomic E-state index is 5.48. The first kappa shape index (κ1) is 12.6. The van der Waals surface area contributed by atoms with Crippen molar-refractivity contribution in [3.05, 3.63) is 0 Å². The maximum absolute atomic E-state index is 5.48. The summed E-state index contributed by atoms with van der Waals surface area (Å²) in [4.78, 5) is 7.02. The predicted octanol–water partition coefficient (Wildman–Crippen LogP) is 0.432. The molecule has 5 heteroatoms. The second-order valence-electron chi connectivity index (χ2n) is 5.07. The van der Waals surface area contributed by atoms with Crippen LogP contribution < -0.4 is 16.6 Å². The Balaban J connectivity index is 1.82. The second-order valence-corrected chi connectivity index (χ2v) is 5.07. The summed E-state index contributed by atoms with van der Waals surface area (Å²) >= 11 is 0. The quantitative estimate of drug-likeness (QED) is 0.289. The van der Waals surface area contributed by atoms with Gasteiger partial charge in [-0.2, -0.15) is 0 Å². The van der Waals surface area contributed by atoms with Gasteiger partial charge in [-0.05, 0) is 38.6 Å². The molecule has 0 aromatic heterocycles. The van der Waals surface area contributed by atoms with Gasteiger partial charge in [-0.25, -0.2) is 5.84 Å². The van der Waals surface area contributed by atoms with E-state index in [4.69, 9.17) is 5.84 Å². The SMILES string of the molecule is CCCN=C(NN)NC1CCN2CCCC2C1. The summed E-state index contributed by atoms with van der Waals surface area (Å²) in [6, 6.07) is 1.31. The molecule has 2 fully saturated rings. The molecule has 2 rings (SSSR count). The van der Waals surface area contributed by atoms with E-state index >= 15 is 0 Å². The Hall–Kier alpha value is -0.810. The molecule has 0 spiro atoms. The molecule has 5 nitrogen and oxygen atoms in total. The van der Waals surface area contributed by atoms with E-state index in [2.05, 4.69) is 27.6 Å². The van der Waals surface area contributed by atoms with Crippen LogP contribution in [0.25, 0.3) is 0 Å². The Bertz CT molecular complexity index is 266. The summed E-state index contributed by atoms with van der Waals surface area (Å²) < 4.78 is 0. The number of fused-ring (bicyclic) bond motifs is 1. The Morgan fingerprint density at radius 3 is 3.06 bits per heavy atom. The monoisotopic (exact) mass is 239 g/mol. The topological polar surface area (TPSA) is 65.7 Å². The van der Waals surface area contributed by atoms with Crippen molar-refractivity contribution in [2.75, 3.05) is 19.6 Å². The maximum Gasteiger partial charge on any atom is 0.205 e. The first-order valence-corrected chi connectivity index (χ1v) is 6.85. The Kier molecular flexibility index (Phi) is 4.62. The molecule has 2 aliphatic heterocycles. The van der Waals surface area contributed by atoms with Gasteiger partial charge >= 0.3 is 0 Å². The molecule has 2 aliphatic rings. The molecule has 0 amide bonds. The third kappa shape index (κ3) is 3.33. The van der Waals surface area contributed by atoms with E-state index in [1.54, 1.807) is 0 Å². The summed E-state index contributed by atoms with van der Waals surface area (Å²) in [5.41, 5.74) is 2.67. The van der Waals surface area contributed by atoms with Crippen molar-refractivity contribution in [2.24, 2.45) is 10.8 Å². The zero-order valence-corrected chi connectivity index (χ0v) is 10.8. The molecular formula is C12H25N5. The molecule has 0 radical (unpaired) electrons. The zero-order valence-electron chi connectivity index (χ0n) is 10.8. The van der Waals surface area contributed by atoms with E-state index < -0.39 is 0 Å². The van der Waals surface area contributed by atoms with Crippen LogP contribution in [-0.4, -0.2) is 42.6 Å². The van der Waals surface area contributed by atoms with Crippen molar-refractivity contribution in [3.8, 4) is 0 Å². The lowest BCUT2D eigenvalue weighted by Gasteiger charge is -2.35.